The van der Waals surface area contributed by atoms with Crippen LogP contribution in [0.1, 0.15) is 33.6 Å². The van der Waals surface area contributed by atoms with Gasteiger partial charge in [0.05, 0.1) is 0 Å². The molecule has 2 saturated carbocycles. The highest BCUT2D eigenvalue weighted by molar-refractivity contribution is 5.03. The Morgan fingerprint density at radius 2 is 1.91 bits per heavy atom. The van der Waals surface area contributed by atoms with Gasteiger partial charge in [-0.2, -0.15) is 0 Å². The Kier molecular flexibility index (Phi) is 1.54. The minimum atomic E-state index is 0.627. The summed E-state index contributed by atoms with van der Waals surface area (Å²) in [6.07, 6.45) is 2.84. The summed E-state index contributed by atoms with van der Waals surface area (Å²) >= 11 is 0. The van der Waals surface area contributed by atoms with E-state index in [0.717, 1.165) is 17.9 Å². The van der Waals surface area contributed by atoms with E-state index in [1.54, 1.807) is 0 Å². The van der Waals surface area contributed by atoms with Gasteiger partial charge in [-0.15, -0.1) is 0 Å². The Bertz CT molecular complexity index is 158. The maximum Gasteiger partial charge on any atom is 0.00683 e. The molecule has 1 nitrogen and oxygen atoms in total. The van der Waals surface area contributed by atoms with Gasteiger partial charge in [-0.05, 0) is 36.6 Å². The molecule has 2 rings (SSSR count). The van der Waals surface area contributed by atoms with Crippen LogP contribution in [0.5, 0.6) is 0 Å². The van der Waals surface area contributed by atoms with Crippen LogP contribution in [0.3, 0.4) is 0 Å². The Labute approximate surface area is 69.6 Å². The van der Waals surface area contributed by atoms with Crippen molar-refractivity contribution in [2.45, 2.75) is 39.7 Å². The molecule has 0 saturated heterocycles. The van der Waals surface area contributed by atoms with E-state index < -0.39 is 0 Å². The number of hydrogen-bond acceptors (Lipinski definition) is 1. The van der Waals surface area contributed by atoms with E-state index >= 15 is 0 Å². The highest BCUT2D eigenvalue weighted by Gasteiger charge is 2.53. The first kappa shape index (κ1) is 7.60. The minimum absolute atomic E-state index is 0.627. The van der Waals surface area contributed by atoms with Gasteiger partial charge in [0.2, 0.25) is 0 Å². The van der Waals surface area contributed by atoms with Crippen molar-refractivity contribution in [2.24, 2.45) is 17.3 Å². The molecule has 1 N–H and O–H groups in total. The lowest BCUT2D eigenvalue weighted by Crippen LogP contribution is -2.20. The van der Waals surface area contributed by atoms with Crippen LogP contribution < -0.4 is 5.32 Å². The van der Waals surface area contributed by atoms with Crippen molar-refractivity contribution < 1.29 is 0 Å². The van der Waals surface area contributed by atoms with Crippen LogP contribution in [0.2, 0.25) is 0 Å². The Morgan fingerprint density at radius 3 is 2.27 bits per heavy atom. The van der Waals surface area contributed by atoms with Crippen LogP contribution >= 0.6 is 0 Å². The molecule has 2 aliphatic rings. The molecule has 0 bridgehead atoms. The minimum Gasteiger partial charge on any atom is -0.314 e. The normalized spacial score (nSPS) is 40.6. The monoisotopic (exact) mass is 153 g/mol. The van der Waals surface area contributed by atoms with Crippen molar-refractivity contribution in [3.8, 4) is 0 Å². The average Bonchev–Trinajstić information content (AvgIpc) is 2.77. The summed E-state index contributed by atoms with van der Waals surface area (Å²) in [5.74, 6) is 1.89. The van der Waals surface area contributed by atoms with Gasteiger partial charge in [-0.25, -0.2) is 0 Å². The molecular formula is C10H19N. The summed E-state index contributed by atoms with van der Waals surface area (Å²) < 4.78 is 0. The van der Waals surface area contributed by atoms with E-state index in [1.807, 2.05) is 0 Å². The first-order chi connectivity index (χ1) is 5.12. The molecule has 2 aliphatic carbocycles. The quantitative estimate of drug-likeness (QED) is 0.654. The van der Waals surface area contributed by atoms with E-state index in [0.29, 0.717) is 5.41 Å². The first-order valence-electron chi connectivity index (χ1n) is 4.86. The van der Waals surface area contributed by atoms with Crippen LogP contribution in [-0.2, 0) is 0 Å². The van der Waals surface area contributed by atoms with Gasteiger partial charge in [0.15, 0.2) is 0 Å². The summed E-state index contributed by atoms with van der Waals surface area (Å²) in [6.45, 7) is 8.41. The standard InChI is InChI=1S/C10H19N/c1-7-9(10(7,2)3)6-11-8-4-5-8/h7-9,11H,4-6H2,1-3H3. The second-order valence-electron chi connectivity index (χ2n) is 4.90. The molecule has 0 aliphatic heterocycles. The molecule has 0 heterocycles. The first-order valence-corrected chi connectivity index (χ1v) is 4.86. The summed E-state index contributed by atoms with van der Waals surface area (Å²) in [6, 6.07) is 0.888. The van der Waals surface area contributed by atoms with Crippen molar-refractivity contribution in [2.75, 3.05) is 6.54 Å². The number of hydrogen-bond donors (Lipinski definition) is 1. The summed E-state index contributed by atoms with van der Waals surface area (Å²) in [4.78, 5) is 0. The van der Waals surface area contributed by atoms with Gasteiger partial charge in [0, 0.05) is 6.04 Å². The lowest BCUT2D eigenvalue weighted by molar-refractivity contribution is 0.515. The molecule has 0 spiro atoms. The summed E-state index contributed by atoms with van der Waals surface area (Å²) in [5.41, 5.74) is 0.627. The van der Waals surface area contributed by atoms with Crippen molar-refractivity contribution in [1.82, 2.24) is 5.32 Å². The van der Waals surface area contributed by atoms with Crippen LogP contribution in [0, 0.1) is 17.3 Å². The maximum absolute atomic E-state index is 3.60. The van der Waals surface area contributed by atoms with Gasteiger partial charge in [-0.1, -0.05) is 20.8 Å². The lowest BCUT2D eigenvalue weighted by Gasteiger charge is -2.03. The molecule has 0 aromatic carbocycles. The van der Waals surface area contributed by atoms with Crippen LogP contribution in [0.25, 0.3) is 0 Å². The molecule has 0 aromatic rings. The second kappa shape index (κ2) is 2.22. The zero-order valence-electron chi connectivity index (χ0n) is 7.85. The predicted molar refractivity (Wildman–Crippen MR) is 47.5 cm³/mol. The highest BCUT2D eigenvalue weighted by atomic mass is 15.0. The molecule has 2 atom stereocenters. The third-order valence-electron chi connectivity index (χ3n) is 3.83. The highest BCUT2D eigenvalue weighted by Crippen LogP contribution is 2.57. The Hall–Kier alpha value is -0.0400. The fourth-order valence-electron chi connectivity index (χ4n) is 2.04. The average molecular weight is 153 g/mol. The van der Waals surface area contributed by atoms with E-state index in [2.05, 4.69) is 26.1 Å². The fourth-order valence-corrected chi connectivity index (χ4v) is 2.04. The van der Waals surface area contributed by atoms with Gasteiger partial charge in [0.25, 0.3) is 0 Å². The van der Waals surface area contributed by atoms with Crippen LogP contribution in [-0.4, -0.2) is 12.6 Å². The Morgan fingerprint density at radius 1 is 1.36 bits per heavy atom. The molecule has 1 heteroatoms. The van der Waals surface area contributed by atoms with Gasteiger partial charge in [0.1, 0.15) is 0 Å². The third kappa shape index (κ3) is 1.31. The predicted octanol–water partition coefficient (Wildman–Crippen LogP) is 2.03. The topological polar surface area (TPSA) is 12.0 Å². The molecule has 11 heavy (non-hydrogen) atoms. The van der Waals surface area contributed by atoms with Gasteiger partial charge < -0.3 is 5.32 Å². The van der Waals surface area contributed by atoms with Gasteiger partial charge >= 0.3 is 0 Å². The van der Waals surface area contributed by atoms with E-state index in [4.69, 9.17) is 0 Å². The molecule has 2 unspecified atom stereocenters. The molecule has 64 valence electrons. The van der Waals surface area contributed by atoms with E-state index in [9.17, 15) is 0 Å². The van der Waals surface area contributed by atoms with Gasteiger partial charge in [-0.3, -0.25) is 0 Å². The van der Waals surface area contributed by atoms with E-state index in [-0.39, 0.29) is 0 Å². The van der Waals surface area contributed by atoms with E-state index in [1.165, 1.54) is 19.4 Å². The van der Waals surface area contributed by atoms with Crippen molar-refractivity contribution in [3.63, 3.8) is 0 Å². The SMILES string of the molecule is CC1C(CNC2CC2)C1(C)C. The number of rotatable bonds is 3. The lowest BCUT2D eigenvalue weighted by atomic mass is 10.1. The molecule has 0 radical (unpaired) electrons. The largest absolute Gasteiger partial charge is 0.314 e. The van der Waals surface area contributed by atoms with Crippen LogP contribution in [0.15, 0.2) is 0 Å². The molecule has 0 aromatic heterocycles. The summed E-state index contributed by atoms with van der Waals surface area (Å²) in [5, 5.41) is 3.60. The smallest absolute Gasteiger partial charge is 0.00683 e. The molecule has 0 amide bonds. The fraction of sp³-hybridized carbons (Fsp3) is 1.00. The van der Waals surface area contributed by atoms with Crippen molar-refractivity contribution in [1.29, 1.82) is 0 Å². The number of nitrogens with one attached hydrogen (secondary N) is 1. The van der Waals surface area contributed by atoms with Crippen molar-refractivity contribution in [3.05, 3.63) is 0 Å². The zero-order chi connectivity index (χ0) is 8.06. The van der Waals surface area contributed by atoms with Crippen LogP contribution in [0.4, 0.5) is 0 Å². The maximum atomic E-state index is 3.60. The molecular weight excluding hydrogens is 134 g/mol. The van der Waals surface area contributed by atoms with Crippen molar-refractivity contribution >= 4 is 0 Å². The molecule has 2 fully saturated rings. The Balaban J connectivity index is 1.72. The summed E-state index contributed by atoms with van der Waals surface area (Å²) in [7, 11) is 0. The third-order valence-corrected chi connectivity index (χ3v) is 3.83. The second-order valence-corrected chi connectivity index (χ2v) is 4.90. The zero-order valence-corrected chi connectivity index (χ0v) is 7.85.